The van der Waals surface area contributed by atoms with Crippen molar-refractivity contribution in [2.75, 3.05) is 26.7 Å². The zero-order valence-corrected chi connectivity index (χ0v) is 17.4. The maximum Gasteiger partial charge on any atom is 0.225 e. The molecule has 4 rings (SSSR count). The first kappa shape index (κ1) is 19.3. The van der Waals surface area contributed by atoms with Crippen LogP contribution >= 0.6 is 0 Å². The molecule has 0 radical (unpaired) electrons. The number of rotatable bonds is 2. The summed E-state index contributed by atoms with van der Waals surface area (Å²) < 4.78 is 11.6. The van der Waals surface area contributed by atoms with E-state index in [9.17, 15) is 4.79 Å². The van der Waals surface area contributed by atoms with Gasteiger partial charge in [-0.1, -0.05) is 26.0 Å². The second-order valence-corrected chi connectivity index (χ2v) is 7.85. The molecule has 1 amide bonds. The summed E-state index contributed by atoms with van der Waals surface area (Å²) >= 11 is 0. The highest BCUT2D eigenvalue weighted by molar-refractivity contribution is 6.04. The van der Waals surface area contributed by atoms with Crippen molar-refractivity contribution in [3.8, 4) is 17.2 Å². The fraction of sp³-hybridized carbons (Fsp3) is 0.391. The lowest BCUT2D eigenvalue weighted by Gasteiger charge is -2.42. The summed E-state index contributed by atoms with van der Waals surface area (Å²) in [4.78, 5) is 21.7. The molecule has 2 aliphatic heterocycles. The Bertz CT molecular complexity index is 954. The third kappa shape index (κ3) is 3.67. The predicted molar refractivity (Wildman–Crippen MR) is 113 cm³/mol. The Labute approximate surface area is 171 Å². The number of para-hydroxylation sites is 2. The van der Waals surface area contributed by atoms with Crippen molar-refractivity contribution in [3.63, 3.8) is 0 Å². The van der Waals surface area contributed by atoms with E-state index >= 15 is 0 Å². The van der Waals surface area contributed by atoms with Gasteiger partial charge in [0, 0.05) is 31.6 Å². The van der Waals surface area contributed by atoms with Crippen LogP contribution in [0.1, 0.15) is 26.3 Å². The summed E-state index contributed by atoms with van der Waals surface area (Å²) in [5.41, 5.74) is 1.70. The smallest absolute Gasteiger partial charge is 0.225 e. The SMILES string of the molecule is COc1ccc2c(c1)C(N1CCN(C(=O)C(C)C)C(C)C1)=Nc1ccccc1O2. The highest BCUT2D eigenvalue weighted by Gasteiger charge is 2.32. The molecule has 0 aromatic heterocycles. The van der Waals surface area contributed by atoms with Crippen molar-refractivity contribution < 1.29 is 14.3 Å². The number of carbonyl (C=O) groups excluding carboxylic acids is 1. The van der Waals surface area contributed by atoms with Gasteiger partial charge in [0.15, 0.2) is 5.75 Å². The van der Waals surface area contributed by atoms with E-state index in [2.05, 4.69) is 11.8 Å². The normalized spacial score (nSPS) is 18.4. The van der Waals surface area contributed by atoms with Gasteiger partial charge in [-0.2, -0.15) is 0 Å². The average molecular weight is 393 g/mol. The second-order valence-electron chi connectivity index (χ2n) is 7.85. The van der Waals surface area contributed by atoms with E-state index in [-0.39, 0.29) is 17.9 Å². The molecule has 29 heavy (non-hydrogen) atoms. The number of methoxy groups -OCH3 is 1. The van der Waals surface area contributed by atoms with Gasteiger partial charge in [-0.3, -0.25) is 4.79 Å². The standard InChI is InChI=1S/C23H27N3O3/c1-15(2)23(27)26-12-11-25(14-16(26)3)22-18-13-17(28-4)9-10-20(18)29-21-8-6-5-7-19(21)24-22/h5-10,13,15-16H,11-12,14H2,1-4H3. The summed E-state index contributed by atoms with van der Waals surface area (Å²) in [5.74, 6) is 3.30. The van der Waals surface area contributed by atoms with Crippen LogP contribution in [0.2, 0.25) is 0 Å². The highest BCUT2D eigenvalue weighted by Crippen LogP contribution is 2.39. The first-order valence-corrected chi connectivity index (χ1v) is 10.1. The van der Waals surface area contributed by atoms with Gasteiger partial charge in [0.25, 0.3) is 0 Å². The first-order valence-electron chi connectivity index (χ1n) is 10.1. The lowest BCUT2D eigenvalue weighted by Crippen LogP contribution is -2.56. The van der Waals surface area contributed by atoms with Gasteiger partial charge < -0.3 is 19.3 Å². The van der Waals surface area contributed by atoms with Crippen LogP contribution in [0.3, 0.4) is 0 Å². The Hall–Kier alpha value is -3.02. The van der Waals surface area contributed by atoms with Crippen molar-refractivity contribution >= 4 is 17.4 Å². The molecule has 1 fully saturated rings. The Morgan fingerprint density at radius 1 is 1.17 bits per heavy atom. The van der Waals surface area contributed by atoms with Crippen molar-refractivity contribution in [1.29, 1.82) is 0 Å². The van der Waals surface area contributed by atoms with Gasteiger partial charge in [0.2, 0.25) is 5.91 Å². The van der Waals surface area contributed by atoms with Gasteiger partial charge in [0.1, 0.15) is 23.0 Å². The topological polar surface area (TPSA) is 54.4 Å². The number of fused-ring (bicyclic) bond motifs is 2. The zero-order chi connectivity index (χ0) is 20.5. The lowest BCUT2D eigenvalue weighted by molar-refractivity contribution is -0.138. The quantitative estimate of drug-likeness (QED) is 0.772. The Morgan fingerprint density at radius 3 is 2.69 bits per heavy atom. The van der Waals surface area contributed by atoms with Crippen LogP contribution in [0, 0.1) is 5.92 Å². The number of nitrogens with zero attached hydrogens (tertiary/aromatic N) is 3. The lowest BCUT2D eigenvalue weighted by atomic mass is 10.1. The minimum atomic E-state index is 0.00415. The summed E-state index contributed by atoms with van der Waals surface area (Å²) in [5, 5.41) is 0. The van der Waals surface area contributed by atoms with E-state index < -0.39 is 0 Å². The van der Waals surface area contributed by atoms with E-state index in [1.807, 2.05) is 61.2 Å². The fourth-order valence-corrected chi connectivity index (χ4v) is 3.88. The van der Waals surface area contributed by atoms with E-state index in [1.54, 1.807) is 7.11 Å². The van der Waals surface area contributed by atoms with Gasteiger partial charge in [-0.05, 0) is 37.3 Å². The molecule has 152 valence electrons. The van der Waals surface area contributed by atoms with E-state index in [1.165, 1.54) is 0 Å². The maximum absolute atomic E-state index is 12.5. The molecule has 6 heteroatoms. The molecule has 0 saturated carbocycles. The van der Waals surface area contributed by atoms with Crippen molar-refractivity contribution in [2.45, 2.75) is 26.8 Å². The molecular formula is C23H27N3O3. The van der Waals surface area contributed by atoms with Gasteiger partial charge in [-0.25, -0.2) is 4.99 Å². The van der Waals surface area contributed by atoms with Crippen LogP contribution in [0.4, 0.5) is 5.69 Å². The molecule has 1 saturated heterocycles. The highest BCUT2D eigenvalue weighted by atomic mass is 16.5. The zero-order valence-electron chi connectivity index (χ0n) is 17.4. The van der Waals surface area contributed by atoms with Crippen molar-refractivity contribution in [1.82, 2.24) is 9.80 Å². The predicted octanol–water partition coefficient (Wildman–Crippen LogP) is 4.07. The molecule has 1 unspecified atom stereocenters. The number of carbonyl (C=O) groups is 1. The average Bonchev–Trinajstić information content (AvgIpc) is 2.89. The Kier molecular flexibility index (Phi) is 5.18. The van der Waals surface area contributed by atoms with Crippen LogP contribution in [0.25, 0.3) is 0 Å². The number of piperazine rings is 1. The minimum Gasteiger partial charge on any atom is -0.497 e. The number of hydrogen-bond donors (Lipinski definition) is 0. The number of amides is 1. The summed E-state index contributed by atoms with van der Waals surface area (Å²) in [6, 6.07) is 13.7. The number of benzene rings is 2. The molecule has 0 aliphatic carbocycles. The molecule has 2 heterocycles. The third-order valence-corrected chi connectivity index (χ3v) is 5.44. The van der Waals surface area contributed by atoms with Crippen LogP contribution < -0.4 is 9.47 Å². The van der Waals surface area contributed by atoms with Crippen LogP contribution in [-0.4, -0.2) is 54.3 Å². The fourth-order valence-electron chi connectivity index (χ4n) is 3.88. The molecule has 1 atom stereocenters. The monoisotopic (exact) mass is 393 g/mol. The third-order valence-electron chi connectivity index (χ3n) is 5.44. The molecule has 6 nitrogen and oxygen atoms in total. The van der Waals surface area contributed by atoms with Gasteiger partial charge in [-0.15, -0.1) is 0 Å². The van der Waals surface area contributed by atoms with E-state index in [0.717, 1.165) is 47.4 Å². The first-order chi connectivity index (χ1) is 14.0. The molecule has 0 bridgehead atoms. The molecule has 0 N–H and O–H groups in total. The number of aliphatic imine (C=N–C) groups is 1. The Balaban J connectivity index is 1.72. The van der Waals surface area contributed by atoms with E-state index in [4.69, 9.17) is 14.5 Å². The van der Waals surface area contributed by atoms with Crippen LogP contribution in [0.5, 0.6) is 17.2 Å². The van der Waals surface area contributed by atoms with E-state index in [0.29, 0.717) is 6.54 Å². The summed E-state index contributed by atoms with van der Waals surface area (Å²) in [6.07, 6.45) is 0. The number of amidine groups is 1. The number of hydrogen-bond acceptors (Lipinski definition) is 5. The van der Waals surface area contributed by atoms with Crippen LogP contribution in [-0.2, 0) is 4.79 Å². The van der Waals surface area contributed by atoms with Gasteiger partial charge >= 0.3 is 0 Å². The van der Waals surface area contributed by atoms with Crippen molar-refractivity contribution in [2.24, 2.45) is 10.9 Å². The summed E-state index contributed by atoms with van der Waals surface area (Å²) in [7, 11) is 1.66. The Morgan fingerprint density at radius 2 is 1.97 bits per heavy atom. The molecular weight excluding hydrogens is 366 g/mol. The largest absolute Gasteiger partial charge is 0.497 e. The summed E-state index contributed by atoms with van der Waals surface area (Å²) in [6.45, 7) is 8.12. The molecule has 0 spiro atoms. The number of ether oxygens (including phenoxy) is 2. The van der Waals surface area contributed by atoms with Crippen molar-refractivity contribution in [3.05, 3.63) is 48.0 Å². The maximum atomic E-state index is 12.5. The molecule has 2 aliphatic rings. The second kappa shape index (κ2) is 7.78. The van der Waals surface area contributed by atoms with Crippen LogP contribution in [0.15, 0.2) is 47.5 Å². The molecule has 2 aromatic rings. The molecule has 2 aromatic carbocycles. The minimum absolute atomic E-state index is 0.00415. The van der Waals surface area contributed by atoms with Gasteiger partial charge in [0.05, 0.1) is 12.7 Å².